The number of aromatic nitrogens is 2. The van der Waals surface area contributed by atoms with Crippen LogP contribution in [0.2, 0.25) is 0 Å². The molecule has 0 fully saturated rings. The monoisotopic (exact) mass is 467 g/mol. The molecule has 7 heteroatoms. The molecule has 0 radical (unpaired) electrons. The van der Waals surface area contributed by atoms with Crippen molar-refractivity contribution in [3.8, 4) is 11.5 Å². The molecule has 1 aromatic heterocycles. The molecule has 1 heterocycles. The fourth-order valence-corrected chi connectivity index (χ4v) is 4.01. The average Bonchev–Trinajstić information content (AvgIpc) is 3.21. The highest BCUT2D eigenvalue weighted by molar-refractivity contribution is 9.10. The number of fused-ring (bicyclic) bond motifs is 1. The zero-order valence-electron chi connectivity index (χ0n) is 15.6. The molecule has 0 aliphatic rings. The molecule has 0 aliphatic heterocycles. The standard InChI is InChI=1S/C22H18BrN3O2S/c1-14(16-11-10-15-6-2-3-7-17(15)12-16)24-20(27)13-29-22-26-25-21(28-22)18-8-4-5-9-19(18)23/h2-12,14H,13H2,1H3,(H,24,27). The Morgan fingerprint density at radius 1 is 1.07 bits per heavy atom. The Balaban J connectivity index is 1.35. The Hall–Kier alpha value is -2.64. The van der Waals surface area contributed by atoms with Gasteiger partial charge in [0.15, 0.2) is 0 Å². The summed E-state index contributed by atoms with van der Waals surface area (Å²) in [6.07, 6.45) is 0. The lowest BCUT2D eigenvalue weighted by molar-refractivity contribution is -0.119. The molecule has 1 unspecified atom stereocenters. The van der Waals surface area contributed by atoms with E-state index < -0.39 is 0 Å². The number of nitrogens with zero attached hydrogens (tertiary/aromatic N) is 2. The van der Waals surface area contributed by atoms with Crippen LogP contribution in [0, 0.1) is 0 Å². The van der Waals surface area contributed by atoms with Gasteiger partial charge >= 0.3 is 0 Å². The number of hydrogen-bond acceptors (Lipinski definition) is 5. The Labute approximate surface area is 181 Å². The van der Waals surface area contributed by atoms with Gasteiger partial charge in [0.25, 0.3) is 5.22 Å². The molecule has 1 amide bonds. The molecule has 0 aliphatic carbocycles. The number of benzene rings is 3. The van der Waals surface area contributed by atoms with Gasteiger partial charge in [-0.15, -0.1) is 10.2 Å². The highest BCUT2D eigenvalue weighted by Gasteiger charge is 2.15. The Morgan fingerprint density at radius 2 is 1.83 bits per heavy atom. The summed E-state index contributed by atoms with van der Waals surface area (Å²) in [7, 11) is 0. The number of hydrogen-bond donors (Lipinski definition) is 1. The number of amides is 1. The van der Waals surface area contributed by atoms with Gasteiger partial charge in [-0.2, -0.15) is 0 Å². The predicted molar refractivity (Wildman–Crippen MR) is 119 cm³/mol. The third kappa shape index (κ3) is 4.68. The first kappa shape index (κ1) is 19.7. The molecule has 1 atom stereocenters. The minimum Gasteiger partial charge on any atom is -0.411 e. The van der Waals surface area contributed by atoms with Crippen LogP contribution in [0.15, 0.2) is 80.8 Å². The van der Waals surface area contributed by atoms with Crippen molar-refractivity contribution in [3.63, 3.8) is 0 Å². The average molecular weight is 468 g/mol. The molecule has 0 saturated heterocycles. The van der Waals surface area contributed by atoms with Crippen molar-refractivity contribution >= 4 is 44.4 Å². The van der Waals surface area contributed by atoms with Gasteiger partial charge in [-0.25, -0.2) is 0 Å². The van der Waals surface area contributed by atoms with Crippen molar-refractivity contribution < 1.29 is 9.21 Å². The normalized spacial score (nSPS) is 12.1. The number of nitrogens with one attached hydrogen (secondary N) is 1. The van der Waals surface area contributed by atoms with E-state index in [1.165, 1.54) is 17.1 Å². The van der Waals surface area contributed by atoms with Crippen LogP contribution in [0.5, 0.6) is 0 Å². The Bertz CT molecular complexity index is 1160. The fourth-order valence-electron chi connectivity index (χ4n) is 2.98. The van der Waals surface area contributed by atoms with Crippen LogP contribution in [0.3, 0.4) is 0 Å². The summed E-state index contributed by atoms with van der Waals surface area (Å²) in [5, 5.41) is 13.8. The Kier molecular flexibility index (Phi) is 5.97. The second-order valence-electron chi connectivity index (χ2n) is 6.54. The van der Waals surface area contributed by atoms with Crippen LogP contribution in [0.4, 0.5) is 0 Å². The molecule has 146 valence electrons. The van der Waals surface area contributed by atoms with Crippen LogP contribution < -0.4 is 5.32 Å². The number of carbonyl (C=O) groups is 1. The van der Waals surface area contributed by atoms with Crippen molar-refractivity contribution in [2.45, 2.75) is 18.2 Å². The summed E-state index contributed by atoms with van der Waals surface area (Å²) >= 11 is 4.69. The van der Waals surface area contributed by atoms with E-state index in [1.807, 2.05) is 49.4 Å². The molecule has 29 heavy (non-hydrogen) atoms. The molecular formula is C22H18BrN3O2S. The maximum Gasteiger partial charge on any atom is 0.277 e. The molecule has 1 N–H and O–H groups in total. The minimum atomic E-state index is -0.0915. The first-order chi connectivity index (χ1) is 14.1. The second kappa shape index (κ2) is 8.80. The molecule has 3 aromatic carbocycles. The molecule has 0 spiro atoms. The zero-order chi connectivity index (χ0) is 20.2. The van der Waals surface area contributed by atoms with Crippen LogP contribution in [0.1, 0.15) is 18.5 Å². The van der Waals surface area contributed by atoms with Crippen LogP contribution in [0.25, 0.3) is 22.2 Å². The van der Waals surface area contributed by atoms with Crippen molar-refractivity contribution in [2.24, 2.45) is 0 Å². The van der Waals surface area contributed by atoms with Crippen LogP contribution in [-0.2, 0) is 4.79 Å². The number of thioether (sulfide) groups is 1. The van der Waals surface area contributed by atoms with E-state index in [1.54, 1.807) is 0 Å². The number of halogens is 1. The van der Waals surface area contributed by atoms with E-state index in [0.717, 1.165) is 21.0 Å². The lowest BCUT2D eigenvalue weighted by atomic mass is 10.0. The molecule has 4 rings (SSSR count). The van der Waals surface area contributed by atoms with Gasteiger partial charge in [-0.3, -0.25) is 4.79 Å². The van der Waals surface area contributed by atoms with Crippen LogP contribution in [-0.4, -0.2) is 21.9 Å². The lowest BCUT2D eigenvalue weighted by Crippen LogP contribution is -2.28. The summed E-state index contributed by atoms with van der Waals surface area (Å²) in [5.74, 6) is 0.538. The maximum atomic E-state index is 12.4. The molecular weight excluding hydrogens is 450 g/mol. The Morgan fingerprint density at radius 3 is 2.66 bits per heavy atom. The smallest absolute Gasteiger partial charge is 0.277 e. The summed E-state index contributed by atoms with van der Waals surface area (Å²) in [6, 6.07) is 21.9. The predicted octanol–water partition coefficient (Wildman–Crippen LogP) is 5.62. The molecule has 5 nitrogen and oxygen atoms in total. The van der Waals surface area contributed by atoms with Gasteiger partial charge in [-0.1, -0.05) is 60.3 Å². The molecule has 0 bridgehead atoms. The van der Waals surface area contributed by atoms with Crippen LogP contribution >= 0.6 is 27.7 Å². The van der Waals surface area contributed by atoms with E-state index in [9.17, 15) is 4.79 Å². The summed E-state index contributed by atoms with van der Waals surface area (Å²) in [5.41, 5.74) is 1.89. The van der Waals surface area contributed by atoms with Gasteiger partial charge in [0.2, 0.25) is 11.8 Å². The highest BCUT2D eigenvalue weighted by Crippen LogP contribution is 2.29. The van der Waals surface area contributed by atoms with E-state index in [-0.39, 0.29) is 17.7 Å². The van der Waals surface area contributed by atoms with E-state index in [2.05, 4.69) is 55.7 Å². The summed E-state index contributed by atoms with van der Waals surface area (Å²) < 4.78 is 6.55. The van der Waals surface area contributed by atoms with Gasteiger partial charge in [0.05, 0.1) is 17.4 Å². The lowest BCUT2D eigenvalue weighted by Gasteiger charge is -2.14. The zero-order valence-corrected chi connectivity index (χ0v) is 18.0. The third-order valence-corrected chi connectivity index (χ3v) is 6.00. The van der Waals surface area contributed by atoms with Crippen molar-refractivity contribution in [1.29, 1.82) is 0 Å². The largest absolute Gasteiger partial charge is 0.411 e. The summed E-state index contributed by atoms with van der Waals surface area (Å²) in [4.78, 5) is 12.4. The summed E-state index contributed by atoms with van der Waals surface area (Å²) in [6.45, 7) is 1.98. The first-order valence-electron chi connectivity index (χ1n) is 9.09. The minimum absolute atomic E-state index is 0.0868. The highest BCUT2D eigenvalue weighted by atomic mass is 79.9. The van der Waals surface area contributed by atoms with Crippen molar-refractivity contribution in [3.05, 3.63) is 76.8 Å². The molecule has 0 saturated carbocycles. The first-order valence-corrected chi connectivity index (χ1v) is 10.9. The van der Waals surface area contributed by atoms with Gasteiger partial charge < -0.3 is 9.73 Å². The molecule has 4 aromatic rings. The number of rotatable bonds is 6. The van der Waals surface area contributed by atoms with Crippen molar-refractivity contribution in [1.82, 2.24) is 15.5 Å². The van der Waals surface area contributed by atoms with Gasteiger partial charge in [0.1, 0.15) is 0 Å². The van der Waals surface area contributed by atoms with Gasteiger partial charge in [0, 0.05) is 4.47 Å². The fraction of sp³-hybridized carbons (Fsp3) is 0.136. The second-order valence-corrected chi connectivity index (χ2v) is 8.32. The number of carbonyl (C=O) groups excluding carboxylic acids is 1. The third-order valence-electron chi connectivity index (χ3n) is 4.49. The van der Waals surface area contributed by atoms with E-state index in [4.69, 9.17) is 4.42 Å². The van der Waals surface area contributed by atoms with Gasteiger partial charge in [-0.05, 0) is 57.4 Å². The SMILES string of the molecule is CC(NC(=O)CSc1nnc(-c2ccccc2Br)o1)c1ccc2ccccc2c1. The van der Waals surface area contributed by atoms with E-state index in [0.29, 0.717) is 11.1 Å². The maximum absolute atomic E-state index is 12.4. The van der Waals surface area contributed by atoms with Crippen molar-refractivity contribution in [2.75, 3.05) is 5.75 Å². The van der Waals surface area contributed by atoms with E-state index >= 15 is 0 Å². The quantitative estimate of drug-likeness (QED) is 0.372. The topological polar surface area (TPSA) is 68.0 Å².